The number of aromatic hydroxyl groups is 1. The molecule has 1 heterocycles. The van der Waals surface area contributed by atoms with E-state index in [0.29, 0.717) is 31.1 Å². The van der Waals surface area contributed by atoms with E-state index in [-0.39, 0.29) is 29.8 Å². The van der Waals surface area contributed by atoms with Crippen LogP contribution in [0.4, 0.5) is 0 Å². The average Bonchev–Trinajstić information content (AvgIpc) is 3.28. The van der Waals surface area contributed by atoms with Crippen molar-refractivity contribution in [1.29, 1.82) is 0 Å². The van der Waals surface area contributed by atoms with Gasteiger partial charge in [0.05, 0.1) is 12.3 Å². The van der Waals surface area contributed by atoms with Crippen LogP contribution in [0.2, 0.25) is 0 Å². The van der Waals surface area contributed by atoms with Crippen molar-refractivity contribution < 1.29 is 19.4 Å². The third kappa shape index (κ3) is 8.23. The number of halogens is 1. The molecule has 7 heteroatoms. The molecule has 0 saturated carbocycles. The van der Waals surface area contributed by atoms with Gasteiger partial charge in [0.25, 0.3) is 0 Å². The molecule has 1 aromatic heterocycles. The summed E-state index contributed by atoms with van der Waals surface area (Å²) in [7, 11) is 0. The van der Waals surface area contributed by atoms with Gasteiger partial charge in [-0.15, -0.1) is 12.4 Å². The van der Waals surface area contributed by atoms with Gasteiger partial charge in [-0.2, -0.15) is 0 Å². The summed E-state index contributed by atoms with van der Waals surface area (Å²) >= 11 is 0. The molecule has 210 valence electrons. The third-order valence-corrected chi connectivity index (χ3v) is 6.49. The van der Waals surface area contributed by atoms with Crippen LogP contribution in [0.25, 0.3) is 11.5 Å². The lowest BCUT2D eigenvalue weighted by Crippen LogP contribution is -2.17. The topological polar surface area (TPSA) is 87.8 Å². The number of likely N-dealkylation sites (N-methyl/N-ethyl adjacent to an activating group) is 1. The number of aliphatic hydroxyl groups is 1. The predicted octanol–water partition coefficient (Wildman–Crippen LogP) is 6.37. The Morgan fingerprint density at radius 2 is 1.61 bits per heavy atom. The minimum absolute atomic E-state index is 0. The molecule has 0 radical (unpaired) electrons. The molecule has 2 aromatic carbocycles. The predicted molar refractivity (Wildman–Crippen MR) is 157 cm³/mol. The van der Waals surface area contributed by atoms with E-state index in [4.69, 9.17) is 14.1 Å². The Kier molecular flexibility index (Phi) is 11.3. The lowest BCUT2D eigenvalue weighted by molar-refractivity contribution is 0.299. The first-order valence-corrected chi connectivity index (χ1v) is 13.3. The normalized spacial score (nSPS) is 11.9. The number of oxazole rings is 1. The minimum Gasteiger partial charge on any atom is -0.507 e. The molecular formula is C31H45ClN2O4. The van der Waals surface area contributed by atoms with Gasteiger partial charge in [0.1, 0.15) is 17.8 Å². The van der Waals surface area contributed by atoms with E-state index >= 15 is 0 Å². The molecule has 3 rings (SSSR count). The maximum absolute atomic E-state index is 11.0. The Morgan fingerprint density at radius 1 is 0.947 bits per heavy atom. The zero-order valence-corrected chi connectivity index (χ0v) is 24.8. The van der Waals surface area contributed by atoms with Gasteiger partial charge in [0.15, 0.2) is 0 Å². The molecule has 0 bridgehead atoms. The molecule has 3 aromatic rings. The van der Waals surface area contributed by atoms with Crippen LogP contribution in [0.15, 0.2) is 41.0 Å². The molecule has 0 amide bonds. The number of ether oxygens (including phenoxy) is 1. The largest absolute Gasteiger partial charge is 0.507 e. The van der Waals surface area contributed by atoms with Gasteiger partial charge in [-0.3, -0.25) is 0 Å². The number of hydrogen-bond donors (Lipinski definition) is 3. The van der Waals surface area contributed by atoms with Crippen molar-refractivity contribution in [2.75, 3.05) is 26.3 Å². The van der Waals surface area contributed by atoms with E-state index in [1.165, 1.54) is 0 Å². The fourth-order valence-corrected chi connectivity index (χ4v) is 4.37. The van der Waals surface area contributed by atoms with Gasteiger partial charge in [-0.05, 0) is 66.1 Å². The van der Waals surface area contributed by atoms with Gasteiger partial charge < -0.3 is 24.7 Å². The number of nitrogens with one attached hydrogen (secondary N) is 1. The highest BCUT2D eigenvalue weighted by atomic mass is 35.5. The third-order valence-electron chi connectivity index (χ3n) is 6.49. The molecule has 6 nitrogen and oxygen atoms in total. The molecule has 0 fully saturated rings. The molecule has 0 saturated heterocycles. The van der Waals surface area contributed by atoms with Gasteiger partial charge in [-0.1, -0.05) is 60.6 Å². The van der Waals surface area contributed by atoms with Gasteiger partial charge in [-0.25, -0.2) is 4.98 Å². The van der Waals surface area contributed by atoms with Crippen LogP contribution in [0, 0.1) is 0 Å². The van der Waals surface area contributed by atoms with E-state index < -0.39 is 0 Å². The Balaban J connectivity index is 0.00000507. The number of aromatic nitrogens is 1. The second-order valence-electron chi connectivity index (χ2n) is 11.7. The number of phenolic OH excluding ortho intramolecular Hbond substituents is 1. The molecule has 38 heavy (non-hydrogen) atoms. The van der Waals surface area contributed by atoms with E-state index in [2.05, 4.69) is 59.8 Å². The van der Waals surface area contributed by atoms with Crippen LogP contribution in [-0.4, -0.2) is 41.5 Å². The van der Waals surface area contributed by atoms with Gasteiger partial charge >= 0.3 is 0 Å². The first-order chi connectivity index (χ1) is 17.4. The number of benzene rings is 2. The van der Waals surface area contributed by atoms with Crippen LogP contribution in [-0.2, 0) is 30.1 Å². The maximum atomic E-state index is 11.0. The SMILES string of the molecule is CCNCCc1cc(CCO)ccc1OCCc1coc(-c2cc(C(C)(C)C)c(O)c(C(C)(C)C)c2)n1.Cl. The zero-order chi connectivity index (χ0) is 27.2. The minimum atomic E-state index is -0.222. The summed E-state index contributed by atoms with van der Waals surface area (Å²) in [5, 5.41) is 23.7. The lowest BCUT2D eigenvalue weighted by atomic mass is 9.78. The Labute approximate surface area is 234 Å². The Morgan fingerprint density at radius 3 is 2.18 bits per heavy atom. The second-order valence-corrected chi connectivity index (χ2v) is 11.7. The van der Waals surface area contributed by atoms with Crippen LogP contribution >= 0.6 is 12.4 Å². The summed E-state index contributed by atoms with van der Waals surface area (Å²) < 4.78 is 12.0. The van der Waals surface area contributed by atoms with Crippen molar-refractivity contribution in [1.82, 2.24) is 10.3 Å². The molecule has 0 unspecified atom stereocenters. The Hall–Kier alpha value is -2.54. The molecule has 0 aliphatic carbocycles. The van der Waals surface area contributed by atoms with Crippen LogP contribution in [0.1, 0.15) is 76.4 Å². The van der Waals surface area contributed by atoms with Crippen molar-refractivity contribution in [3.8, 4) is 23.0 Å². The standard InChI is InChI=1S/C31H44N2O4.ClH/c1-8-32-14-11-22-17-21(12-15-34)9-10-27(22)36-16-13-24-20-37-29(33-24)23-18-25(30(2,3)4)28(35)26(19-23)31(5,6)7;/h9-10,17-20,32,34-35H,8,11-16H2,1-7H3;1H. The van der Waals surface area contributed by atoms with Crippen LogP contribution in [0.5, 0.6) is 11.5 Å². The fraction of sp³-hybridized carbons (Fsp3) is 0.516. The number of nitrogens with zero attached hydrogens (tertiary/aromatic N) is 1. The molecule has 0 spiro atoms. The zero-order valence-electron chi connectivity index (χ0n) is 24.0. The molecule has 0 aliphatic rings. The molecular weight excluding hydrogens is 500 g/mol. The summed E-state index contributed by atoms with van der Waals surface area (Å²) in [6.07, 6.45) is 3.81. The lowest BCUT2D eigenvalue weighted by Gasteiger charge is -2.27. The highest BCUT2D eigenvalue weighted by Gasteiger charge is 2.27. The van der Waals surface area contributed by atoms with Crippen molar-refractivity contribution >= 4 is 12.4 Å². The second kappa shape index (κ2) is 13.5. The number of aliphatic hydroxyl groups excluding tert-OH is 1. The summed E-state index contributed by atoms with van der Waals surface area (Å²) in [4.78, 5) is 4.74. The van der Waals surface area contributed by atoms with Crippen LogP contribution < -0.4 is 10.1 Å². The van der Waals surface area contributed by atoms with Crippen molar-refractivity contribution in [3.63, 3.8) is 0 Å². The fourth-order valence-electron chi connectivity index (χ4n) is 4.37. The quantitative estimate of drug-likeness (QED) is 0.243. The van der Waals surface area contributed by atoms with Crippen molar-refractivity contribution in [3.05, 3.63) is 64.5 Å². The highest BCUT2D eigenvalue weighted by Crippen LogP contribution is 2.41. The smallest absolute Gasteiger partial charge is 0.226 e. The molecule has 0 aliphatic heterocycles. The van der Waals surface area contributed by atoms with Crippen molar-refractivity contribution in [2.45, 2.75) is 78.6 Å². The van der Waals surface area contributed by atoms with Gasteiger partial charge in [0.2, 0.25) is 5.89 Å². The average molecular weight is 545 g/mol. The first-order valence-electron chi connectivity index (χ1n) is 13.3. The summed E-state index contributed by atoms with van der Waals surface area (Å²) in [5.41, 5.74) is 5.26. The highest BCUT2D eigenvalue weighted by molar-refractivity contribution is 5.85. The molecule has 3 N–H and O–H groups in total. The number of rotatable bonds is 11. The number of phenols is 1. The summed E-state index contributed by atoms with van der Waals surface area (Å²) in [5.74, 6) is 1.76. The Bertz CT molecular complexity index is 1140. The van der Waals surface area contributed by atoms with E-state index in [0.717, 1.165) is 58.8 Å². The summed E-state index contributed by atoms with van der Waals surface area (Å²) in [6, 6.07) is 10.1. The van der Waals surface area contributed by atoms with Crippen LogP contribution in [0.3, 0.4) is 0 Å². The van der Waals surface area contributed by atoms with E-state index in [1.807, 2.05) is 24.3 Å². The number of hydrogen-bond acceptors (Lipinski definition) is 6. The summed E-state index contributed by atoms with van der Waals surface area (Å²) in [6.45, 7) is 17.1. The monoisotopic (exact) mass is 544 g/mol. The maximum Gasteiger partial charge on any atom is 0.226 e. The van der Waals surface area contributed by atoms with Gasteiger partial charge in [0, 0.05) is 29.7 Å². The van der Waals surface area contributed by atoms with E-state index in [9.17, 15) is 10.2 Å². The first kappa shape index (κ1) is 31.7. The molecule has 0 atom stereocenters. The van der Waals surface area contributed by atoms with Crippen molar-refractivity contribution in [2.24, 2.45) is 0 Å². The van der Waals surface area contributed by atoms with E-state index in [1.54, 1.807) is 6.26 Å².